The standard InChI is InChI=1S/C9H20O6S/c1-2-3-4-5-13-6-7-14-8-9-15-16(10,11)12/h2-9H2,1H3,(H,10,11,12). The maximum Gasteiger partial charge on any atom is 0.397 e. The molecule has 0 bridgehead atoms. The molecule has 6 nitrogen and oxygen atoms in total. The smallest absolute Gasteiger partial charge is 0.379 e. The van der Waals surface area contributed by atoms with Crippen LogP contribution in [0.15, 0.2) is 0 Å². The van der Waals surface area contributed by atoms with E-state index < -0.39 is 10.4 Å². The van der Waals surface area contributed by atoms with E-state index in [0.717, 1.165) is 25.9 Å². The van der Waals surface area contributed by atoms with Gasteiger partial charge in [-0.15, -0.1) is 0 Å². The molecule has 16 heavy (non-hydrogen) atoms. The van der Waals surface area contributed by atoms with Crippen molar-refractivity contribution in [2.45, 2.75) is 26.2 Å². The van der Waals surface area contributed by atoms with Gasteiger partial charge in [-0.2, -0.15) is 8.42 Å². The second-order valence-electron chi connectivity index (χ2n) is 3.18. The van der Waals surface area contributed by atoms with Gasteiger partial charge in [-0.3, -0.25) is 4.55 Å². The summed E-state index contributed by atoms with van der Waals surface area (Å²) in [6, 6.07) is 0. The van der Waals surface area contributed by atoms with Crippen molar-refractivity contribution in [3.05, 3.63) is 0 Å². The molecule has 0 saturated heterocycles. The third-order valence-corrected chi connectivity index (χ3v) is 2.19. The first-order valence-corrected chi connectivity index (χ1v) is 6.70. The molecule has 0 heterocycles. The molecule has 0 aliphatic rings. The molecule has 0 spiro atoms. The van der Waals surface area contributed by atoms with Crippen LogP contribution in [-0.2, 0) is 24.1 Å². The largest absolute Gasteiger partial charge is 0.397 e. The average Bonchev–Trinajstić information content (AvgIpc) is 2.19. The van der Waals surface area contributed by atoms with E-state index in [-0.39, 0.29) is 13.2 Å². The highest BCUT2D eigenvalue weighted by Gasteiger charge is 2.02. The van der Waals surface area contributed by atoms with E-state index >= 15 is 0 Å². The highest BCUT2D eigenvalue weighted by atomic mass is 32.3. The first kappa shape index (κ1) is 15.8. The Balaban J connectivity index is 3.05. The molecule has 0 unspecified atom stereocenters. The van der Waals surface area contributed by atoms with Crippen LogP contribution < -0.4 is 0 Å². The zero-order valence-corrected chi connectivity index (χ0v) is 10.4. The first-order chi connectivity index (χ1) is 7.56. The zero-order valence-electron chi connectivity index (χ0n) is 9.55. The summed E-state index contributed by atoms with van der Waals surface area (Å²) >= 11 is 0. The number of hydrogen-bond acceptors (Lipinski definition) is 5. The minimum atomic E-state index is -4.34. The highest BCUT2D eigenvalue weighted by molar-refractivity contribution is 7.80. The minimum Gasteiger partial charge on any atom is -0.379 e. The topological polar surface area (TPSA) is 82.1 Å². The van der Waals surface area contributed by atoms with Crippen molar-refractivity contribution in [3.63, 3.8) is 0 Å². The Bertz CT molecular complexity index is 238. The van der Waals surface area contributed by atoms with E-state index in [4.69, 9.17) is 14.0 Å². The van der Waals surface area contributed by atoms with Gasteiger partial charge in [0.1, 0.15) is 0 Å². The van der Waals surface area contributed by atoms with Gasteiger partial charge in [-0.1, -0.05) is 19.8 Å². The Morgan fingerprint density at radius 2 is 1.50 bits per heavy atom. The van der Waals surface area contributed by atoms with Crippen molar-refractivity contribution in [2.75, 3.05) is 33.0 Å². The SMILES string of the molecule is CCCCCOCCOCCOS(=O)(=O)O. The van der Waals surface area contributed by atoms with Crippen LogP contribution in [-0.4, -0.2) is 46.0 Å². The van der Waals surface area contributed by atoms with Crippen LogP contribution in [0.2, 0.25) is 0 Å². The molecule has 0 aliphatic carbocycles. The summed E-state index contributed by atoms with van der Waals surface area (Å²) in [5.41, 5.74) is 0. The Morgan fingerprint density at radius 1 is 0.938 bits per heavy atom. The molecule has 0 fully saturated rings. The number of unbranched alkanes of at least 4 members (excludes halogenated alkanes) is 2. The summed E-state index contributed by atoms with van der Waals surface area (Å²) in [6.45, 7) is 3.64. The third kappa shape index (κ3) is 13.8. The molecule has 98 valence electrons. The van der Waals surface area contributed by atoms with E-state index in [2.05, 4.69) is 11.1 Å². The van der Waals surface area contributed by atoms with E-state index in [0.29, 0.717) is 13.2 Å². The van der Waals surface area contributed by atoms with Crippen molar-refractivity contribution in [3.8, 4) is 0 Å². The average molecular weight is 256 g/mol. The van der Waals surface area contributed by atoms with Crippen LogP contribution in [0, 0.1) is 0 Å². The fourth-order valence-electron chi connectivity index (χ4n) is 0.974. The fraction of sp³-hybridized carbons (Fsp3) is 1.00. The number of ether oxygens (including phenoxy) is 2. The normalized spacial score (nSPS) is 11.9. The van der Waals surface area contributed by atoms with E-state index in [1.54, 1.807) is 0 Å². The van der Waals surface area contributed by atoms with Gasteiger partial charge in [0, 0.05) is 6.61 Å². The summed E-state index contributed by atoms with van der Waals surface area (Å²) < 4.78 is 42.8. The quantitative estimate of drug-likeness (QED) is 0.439. The molecule has 0 atom stereocenters. The molecule has 0 aromatic carbocycles. The van der Waals surface area contributed by atoms with Crippen LogP contribution in [0.4, 0.5) is 0 Å². The van der Waals surface area contributed by atoms with Gasteiger partial charge in [0.05, 0.1) is 26.4 Å². The monoisotopic (exact) mass is 256 g/mol. The second-order valence-corrected chi connectivity index (χ2v) is 4.27. The molecule has 0 aromatic heterocycles. The van der Waals surface area contributed by atoms with Crippen LogP contribution in [0.5, 0.6) is 0 Å². The van der Waals surface area contributed by atoms with Gasteiger partial charge in [0.15, 0.2) is 0 Å². The van der Waals surface area contributed by atoms with Crippen LogP contribution in [0.25, 0.3) is 0 Å². The summed E-state index contributed by atoms with van der Waals surface area (Å²) in [4.78, 5) is 0. The summed E-state index contributed by atoms with van der Waals surface area (Å²) in [5, 5.41) is 0. The third-order valence-electron chi connectivity index (χ3n) is 1.72. The summed E-state index contributed by atoms with van der Waals surface area (Å²) in [6.07, 6.45) is 3.36. The van der Waals surface area contributed by atoms with E-state index in [9.17, 15) is 8.42 Å². The lowest BCUT2D eigenvalue weighted by atomic mass is 10.3. The number of rotatable bonds is 11. The molecule has 1 N–H and O–H groups in total. The highest BCUT2D eigenvalue weighted by Crippen LogP contribution is 1.93. The molecular formula is C9H20O6S. The molecule has 0 saturated carbocycles. The van der Waals surface area contributed by atoms with Gasteiger partial charge in [0.25, 0.3) is 0 Å². The molecular weight excluding hydrogens is 236 g/mol. The lowest BCUT2D eigenvalue weighted by molar-refractivity contribution is 0.0347. The lowest BCUT2D eigenvalue weighted by Gasteiger charge is -2.05. The van der Waals surface area contributed by atoms with Crippen LogP contribution >= 0.6 is 0 Å². The maximum absolute atomic E-state index is 10.1. The summed E-state index contributed by atoms with van der Waals surface area (Å²) in [5.74, 6) is 0. The Kier molecular flexibility index (Phi) is 9.85. The predicted octanol–water partition coefficient (Wildman–Crippen LogP) is 1.03. The van der Waals surface area contributed by atoms with Gasteiger partial charge in [-0.25, -0.2) is 4.18 Å². The molecule has 0 radical (unpaired) electrons. The molecule has 0 amide bonds. The van der Waals surface area contributed by atoms with Crippen molar-refractivity contribution in [1.29, 1.82) is 0 Å². The van der Waals surface area contributed by atoms with Gasteiger partial charge >= 0.3 is 10.4 Å². The Hall–Kier alpha value is -0.210. The van der Waals surface area contributed by atoms with Gasteiger partial charge in [0.2, 0.25) is 0 Å². The first-order valence-electron chi connectivity index (χ1n) is 5.33. The zero-order chi connectivity index (χ0) is 12.3. The molecule has 0 aliphatic heterocycles. The Morgan fingerprint density at radius 3 is 2.06 bits per heavy atom. The maximum atomic E-state index is 10.1. The van der Waals surface area contributed by atoms with Crippen LogP contribution in [0.1, 0.15) is 26.2 Å². The van der Waals surface area contributed by atoms with Gasteiger partial charge < -0.3 is 9.47 Å². The van der Waals surface area contributed by atoms with Crippen molar-refractivity contribution in [1.82, 2.24) is 0 Å². The van der Waals surface area contributed by atoms with Crippen LogP contribution in [0.3, 0.4) is 0 Å². The predicted molar refractivity (Wildman–Crippen MR) is 58.7 cm³/mol. The van der Waals surface area contributed by atoms with Crippen molar-refractivity contribution in [2.24, 2.45) is 0 Å². The minimum absolute atomic E-state index is 0.109. The van der Waals surface area contributed by atoms with Crippen molar-refractivity contribution < 1.29 is 26.6 Å². The molecule has 0 aromatic rings. The van der Waals surface area contributed by atoms with Crippen molar-refractivity contribution >= 4 is 10.4 Å². The van der Waals surface area contributed by atoms with Gasteiger partial charge in [-0.05, 0) is 6.42 Å². The van der Waals surface area contributed by atoms with E-state index in [1.165, 1.54) is 0 Å². The second kappa shape index (κ2) is 9.98. The van der Waals surface area contributed by atoms with E-state index in [1.807, 2.05) is 0 Å². The molecule has 0 rings (SSSR count). The lowest BCUT2D eigenvalue weighted by Crippen LogP contribution is -2.12. The summed E-state index contributed by atoms with van der Waals surface area (Å²) in [7, 11) is -4.34. The fourth-order valence-corrected chi connectivity index (χ4v) is 1.25. The number of hydrogen-bond donors (Lipinski definition) is 1. The molecule has 7 heteroatoms. The Labute approximate surface area is 96.8 Å².